The Labute approximate surface area is 119 Å². The van der Waals surface area contributed by atoms with Crippen molar-refractivity contribution in [2.75, 3.05) is 0 Å². The standard InChI is InChI=1S/C15H21N3O2/c1-11(2)20-14-8-12(9-17-10-14)15(18-16)6-5-13-4-3-7-19-13/h3-4,7-11,15,18H,5-6,16H2,1-2H3. The van der Waals surface area contributed by atoms with Crippen LogP contribution >= 0.6 is 0 Å². The molecule has 2 aromatic rings. The molecule has 0 radical (unpaired) electrons. The molecule has 1 unspecified atom stereocenters. The summed E-state index contributed by atoms with van der Waals surface area (Å²) in [4.78, 5) is 4.21. The molecule has 0 amide bonds. The first-order chi connectivity index (χ1) is 9.69. The van der Waals surface area contributed by atoms with Gasteiger partial charge in [0, 0.05) is 18.7 Å². The number of rotatable bonds is 7. The van der Waals surface area contributed by atoms with Crippen molar-refractivity contribution in [3.8, 4) is 5.75 Å². The second-order valence-corrected chi connectivity index (χ2v) is 4.96. The predicted octanol–water partition coefficient (Wildman–Crippen LogP) is 2.60. The van der Waals surface area contributed by atoms with Crippen LogP contribution in [0.2, 0.25) is 0 Å². The third-order valence-electron chi connectivity index (χ3n) is 2.97. The summed E-state index contributed by atoms with van der Waals surface area (Å²) in [5.74, 6) is 7.36. The van der Waals surface area contributed by atoms with E-state index in [1.54, 1.807) is 18.7 Å². The molecule has 2 rings (SSSR count). The molecule has 0 aliphatic heterocycles. The second-order valence-electron chi connectivity index (χ2n) is 4.96. The molecule has 0 spiro atoms. The van der Waals surface area contributed by atoms with Gasteiger partial charge in [0.05, 0.1) is 18.6 Å². The summed E-state index contributed by atoms with van der Waals surface area (Å²) in [5, 5.41) is 0. The van der Waals surface area contributed by atoms with Crippen molar-refractivity contribution >= 4 is 0 Å². The van der Waals surface area contributed by atoms with Gasteiger partial charge < -0.3 is 9.15 Å². The van der Waals surface area contributed by atoms with Gasteiger partial charge in [-0.2, -0.15) is 0 Å². The van der Waals surface area contributed by atoms with Crippen LogP contribution in [0.15, 0.2) is 41.3 Å². The number of hydrogen-bond acceptors (Lipinski definition) is 5. The van der Waals surface area contributed by atoms with Crippen molar-refractivity contribution in [3.63, 3.8) is 0 Å². The summed E-state index contributed by atoms with van der Waals surface area (Å²) in [6.45, 7) is 3.98. The van der Waals surface area contributed by atoms with E-state index in [1.807, 2.05) is 32.0 Å². The fourth-order valence-electron chi connectivity index (χ4n) is 2.05. The Morgan fingerprint density at radius 3 is 2.90 bits per heavy atom. The largest absolute Gasteiger partial charge is 0.489 e. The second kappa shape index (κ2) is 7.07. The van der Waals surface area contributed by atoms with Gasteiger partial charge in [0.1, 0.15) is 11.5 Å². The van der Waals surface area contributed by atoms with Gasteiger partial charge in [0.2, 0.25) is 0 Å². The van der Waals surface area contributed by atoms with Crippen LogP contribution < -0.4 is 16.0 Å². The van der Waals surface area contributed by atoms with Crippen molar-refractivity contribution in [2.24, 2.45) is 5.84 Å². The SMILES string of the molecule is CC(C)Oc1cncc(C(CCc2ccco2)NN)c1. The molecule has 1 atom stereocenters. The number of nitrogens with two attached hydrogens (primary N) is 1. The fourth-order valence-corrected chi connectivity index (χ4v) is 2.05. The van der Waals surface area contributed by atoms with Gasteiger partial charge in [-0.05, 0) is 44.0 Å². The van der Waals surface area contributed by atoms with Gasteiger partial charge in [0.15, 0.2) is 0 Å². The van der Waals surface area contributed by atoms with Crippen LogP contribution in [0.4, 0.5) is 0 Å². The van der Waals surface area contributed by atoms with Crippen LogP contribution in [0, 0.1) is 0 Å². The number of hydrazine groups is 1. The monoisotopic (exact) mass is 275 g/mol. The van der Waals surface area contributed by atoms with Gasteiger partial charge in [-0.25, -0.2) is 0 Å². The zero-order chi connectivity index (χ0) is 14.4. The zero-order valence-corrected chi connectivity index (χ0v) is 11.9. The van der Waals surface area contributed by atoms with E-state index in [-0.39, 0.29) is 12.1 Å². The molecule has 0 fully saturated rings. The Kier molecular flexibility index (Phi) is 5.15. The van der Waals surface area contributed by atoms with Gasteiger partial charge in [-0.3, -0.25) is 16.3 Å². The molecule has 2 aromatic heterocycles. The van der Waals surface area contributed by atoms with E-state index < -0.39 is 0 Å². The molecule has 0 aliphatic rings. The maximum Gasteiger partial charge on any atom is 0.138 e. The van der Waals surface area contributed by atoms with Gasteiger partial charge in [-0.1, -0.05) is 0 Å². The lowest BCUT2D eigenvalue weighted by Gasteiger charge is -2.17. The molecular weight excluding hydrogens is 254 g/mol. The summed E-state index contributed by atoms with van der Waals surface area (Å²) >= 11 is 0. The van der Waals surface area contributed by atoms with E-state index in [4.69, 9.17) is 15.0 Å². The lowest BCUT2D eigenvalue weighted by atomic mass is 10.0. The Hall–Kier alpha value is -1.85. The molecule has 0 aliphatic carbocycles. The summed E-state index contributed by atoms with van der Waals surface area (Å²) in [6.07, 6.45) is 6.97. The van der Waals surface area contributed by atoms with Crippen molar-refractivity contribution in [1.82, 2.24) is 10.4 Å². The van der Waals surface area contributed by atoms with Crippen LogP contribution in [0.1, 0.15) is 37.6 Å². The Balaban J connectivity index is 2.02. The molecule has 5 heteroatoms. The Morgan fingerprint density at radius 1 is 1.40 bits per heavy atom. The van der Waals surface area contributed by atoms with Gasteiger partial charge in [0.25, 0.3) is 0 Å². The fraction of sp³-hybridized carbons (Fsp3) is 0.400. The summed E-state index contributed by atoms with van der Waals surface area (Å²) in [6, 6.07) is 5.84. The van der Waals surface area contributed by atoms with Crippen LogP contribution in [0.25, 0.3) is 0 Å². The summed E-state index contributed by atoms with van der Waals surface area (Å²) in [7, 11) is 0. The number of nitrogens with zero attached hydrogens (tertiary/aromatic N) is 1. The smallest absolute Gasteiger partial charge is 0.138 e. The quantitative estimate of drug-likeness (QED) is 0.600. The van der Waals surface area contributed by atoms with E-state index in [2.05, 4.69) is 10.4 Å². The Morgan fingerprint density at radius 2 is 2.25 bits per heavy atom. The minimum atomic E-state index is 0.0170. The van der Waals surface area contributed by atoms with Crippen molar-refractivity contribution in [3.05, 3.63) is 48.2 Å². The van der Waals surface area contributed by atoms with E-state index in [9.17, 15) is 0 Å². The maximum absolute atomic E-state index is 5.65. The molecule has 0 saturated heterocycles. The van der Waals surface area contributed by atoms with E-state index in [0.29, 0.717) is 0 Å². The van der Waals surface area contributed by atoms with Crippen LogP contribution in [0.3, 0.4) is 0 Å². The summed E-state index contributed by atoms with van der Waals surface area (Å²) in [5.41, 5.74) is 3.84. The molecule has 20 heavy (non-hydrogen) atoms. The summed E-state index contributed by atoms with van der Waals surface area (Å²) < 4.78 is 11.0. The zero-order valence-electron chi connectivity index (χ0n) is 11.9. The highest BCUT2D eigenvalue weighted by Gasteiger charge is 2.12. The Bertz CT molecular complexity index is 512. The minimum absolute atomic E-state index is 0.0170. The number of hydrogen-bond donors (Lipinski definition) is 2. The first-order valence-corrected chi connectivity index (χ1v) is 6.79. The van der Waals surface area contributed by atoms with Crippen LogP contribution in [0.5, 0.6) is 5.75 Å². The molecule has 0 saturated carbocycles. The highest BCUT2D eigenvalue weighted by molar-refractivity contribution is 5.26. The third kappa shape index (κ3) is 4.08. The van der Waals surface area contributed by atoms with E-state index >= 15 is 0 Å². The molecule has 0 bridgehead atoms. The van der Waals surface area contributed by atoms with Crippen LogP contribution in [-0.2, 0) is 6.42 Å². The molecular formula is C15H21N3O2. The highest BCUT2D eigenvalue weighted by atomic mass is 16.5. The average Bonchev–Trinajstić information content (AvgIpc) is 2.92. The topological polar surface area (TPSA) is 73.3 Å². The normalized spacial score (nSPS) is 12.6. The number of aromatic nitrogens is 1. The van der Waals surface area contributed by atoms with E-state index in [0.717, 1.165) is 29.9 Å². The first-order valence-electron chi connectivity index (χ1n) is 6.79. The molecule has 0 aromatic carbocycles. The van der Waals surface area contributed by atoms with E-state index in [1.165, 1.54) is 0 Å². The van der Waals surface area contributed by atoms with Crippen molar-refractivity contribution in [1.29, 1.82) is 0 Å². The van der Waals surface area contributed by atoms with Gasteiger partial charge in [-0.15, -0.1) is 0 Å². The number of ether oxygens (including phenoxy) is 1. The maximum atomic E-state index is 5.65. The molecule has 3 N–H and O–H groups in total. The minimum Gasteiger partial charge on any atom is -0.489 e. The third-order valence-corrected chi connectivity index (χ3v) is 2.97. The highest BCUT2D eigenvalue weighted by Crippen LogP contribution is 2.22. The number of pyridine rings is 1. The lowest BCUT2D eigenvalue weighted by Crippen LogP contribution is -2.28. The van der Waals surface area contributed by atoms with Crippen molar-refractivity contribution in [2.45, 2.75) is 38.8 Å². The lowest BCUT2D eigenvalue weighted by molar-refractivity contribution is 0.241. The first kappa shape index (κ1) is 14.6. The average molecular weight is 275 g/mol. The van der Waals surface area contributed by atoms with Crippen molar-refractivity contribution < 1.29 is 9.15 Å². The predicted molar refractivity (Wildman–Crippen MR) is 77.1 cm³/mol. The van der Waals surface area contributed by atoms with Crippen LogP contribution in [-0.4, -0.2) is 11.1 Å². The van der Waals surface area contributed by atoms with Gasteiger partial charge >= 0.3 is 0 Å². The molecule has 108 valence electrons. The number of aryl methyl sites for hydroxylation is 1. The number of nitrogens with one attached hydrogen (secondary N) is 1. The molecule has 5 nitrogen and oxygen atoms in total. The molecule has 2 heterocycles. The number of furan rings is 1.